The Hall–Kier alpha value is -2.01. The number of nitrogens with one attached hydrogen (secondary N) is 2. The molecule has 1 aliphatic carbocycles. The minimum atomic E-state index is -0.186. The number of H-pyrrole nitrogens is 1. The average molecular weight is 301 g/mol. The van der Waals surface area contributed by atoms with Gasteiger partial charge in [-0.05, 0) is 37.3 Å². The maximum absolute atomic E-state index is 13.5. The molecule has 116 valence electrons. The number of halogens is 1. The van der Waals surface area contributed by atoms with Gasteiger partial charge in [-0.15, -0.1) is 0 Å². The van der Waals surface area contributed by atoms with E-state index in [2.05, 4.69) is 15.5 Å². The van der Waals surface area contributed by atoms with Crippen molar-refractivity contribution in [3.63, 3.8) is 0 Å². The van der Waals surface area contributed by atoms with Gasteiger partial charge in [0.1, 0.15) is 5.82 Å². The molecule has 0 saturated carbocycles. The summed E-state index contributed by atoms with van der Waals surface area (Å²) < 4.78 is 13.5. The van der Waals surface area contributed by atoms with Gasteiger partial charge >= 0.3 is 0 Å². The summed E-state index contributed by atoms with van der Waals surface area (Å²) in [7, 11) is 0. The first-order chi connectivity index (χ1) is 10.8. The molecular formula is C17H20FN3O. The highest BCUT2D eigenvalue weighted by molar-refractivity contribution is 5.30. The lowest BCUT2D eigenvalue weighted by atomic mass is 9.91. The number of hydrogen-bond donors (Lipinski definition) is 2. The van der Waals surface area contributed by atoms with E-state index in [9.17, 15) is 9.18 Å². The summed E-state index contributed by atoms with van der Waals surface area (Å²) >= 11 is 0. The minimum Gasteiger partial charge on any atom is -0.312 e. The Balaban J connectivity index is 1.61. The molecule has 1 aliphatic rings. The predicted octanol–water partition coefficient (Wildman–Crippen LogP) is 2.12. The summed E-state index contributed by atoms with van der Waals surface area (Å²) in [6.07, 6.45) is 4.73. The molecule has 3 rings (SSSR count). The predicted molar refractivity (Wildman–Crippen MR) is 83.3 cm³/mol. The van der Waals surface area contributed by atoms with Crippen LogP contribution in [0, 0.1) is 5.82 Å². The number of aromatic nitrogens is 2. The highest BCUT2D eigenvalue weighted by Crippen LogP contribution is 2.20. The molecule has 1 heterocycles. The molecule has 1 aromatic carbocycles. The van der Waals surface area contributed by atoms with Gasteiger partial charge in [0, 0.05) is 30.6 Å². The molecule has 5 heteroatoms. The maximum Gasteiger partial charge on any atom is 0.267 e. The van der Waals surface area contributed by atoms with E-state index in [0.717, 1.165) is 48.9 Å². The molecular weight excluding hydrogens is 281 g/mol. The van der Waals surface area contributed by atoms with Crippen LogP contribution in [0.25, 0.3) is 0 Å². The van der Waals surface area contributed by atoms with Crippen molar-refractivity contribution in [2.24, 2.45) is 0 Å². The molecule has 0 bridgehead atoms. The van der Waals surface area contributed by atoms with Crippen LogP contribution < -0.4 is 10.9 Å². The number of benzene rings is 1. The third-order valence-electron chi connectivity index (χ3n) is 4.19. The van der Waals surface area contributed by atoms with E-state index in [4.69, 9.17) is 0 Å². The van der Waals surface area contributed by atoms with Gasteiger partial charge in [-0.25, -0.2) is 9.49 Å². The van der Waals surface area contributed by atoms with Crippen LogP contribution in [0.4, 0.5) is 4.39 Å². The van der Waals surface area contributed by atoms with Crippen molar-refractivity contribution in [3.8, 4) is 0 Å². The molecule has 0 fully saturated rings. The molecule has 1 aromatic heterocycles. The lowest BCUT2D eigenvalue weighted by molar-refractivity contribution is 0.584. The zero-order chi connectivity index (χ0) is 15.4. The van der Waals surface area contributed by atoms with E-state index in [1.54, 1.807) is 12.1 Å². The highest BCUT2D eigenvalue weighted by atomic mass is 19.1. The first-order valence-electron chi connectivity index (χ1n) is 7.79. The standard InChI is InChI=1S/C17H20FN3O/c18-15-8-4-1-5-12(15)11-19-10-9-16-13-6-2-3-7-14(13)17(22)21-20-16/h1,4-5,8,19H,2-3,6-7,9-11H2,(H,21,22). The smallest absolute Gasteiger partial charge is 0.267 e. The monoisotopic (exact) mass is 301 g/mol. The van der Waals surface area contributed by atoms with Crippen LogP contribution in [0.1, 0.15) is 35.2 Å². The van der Waals surface area contributed by atoms with E-state index in [-0.39, 0.29) is 11.4 Å². The molecule has 0 saturated heterocycles. The number of rotatable bonds is 5. The number of hydrogen-bond acceptors (Lipinski definition) is 3. The second-order valence-corrected chi connectivity index (χ2v) is 5.68. The number of fused-ring (bicyclic) bond motifs is 1. The van der Waals surface area contributed by atoms with Crippen LogP contribution in [0.2, 0.25) is 0 Å². The lowest BCUT2D eigenvalue weighted by Crippen LogP contribution is -2.25. The number of nitrogens with zero attached hydrogens (tertiary/aromatic N) is 1. The van der Waals surface area contributed by atoms with Crippen molar-refractivity contribution in [3.05, 3.63) is 62.8 Å². The van der Waals surface area contributed by atoms with Crippen molar-refractivity contribution in [1.29, 1.82) is 0 Å². The fraction of sp³-hybridized carbons (Fsp3) is 0.412. The van der Waals surface area contributed by atoms with Gasteiger partial charge in [0.25, 0.3) is 5.56 Å². The first-order valence-corrected chi connectivity index (χ1v) is 7.79. The van der Waals surface area contributed by atoms with Gasteiger partial charge in [0.15, 0.2) is 0 Å². The van der Waals surface area contributed by atoms with Crippen molar-refractivity contribution in [2.45, 2.75) is 38.6 Å². The Bertz CT molecular complexity index is 711. The van der Waals surface area contributed by atoms with Crippen LogP contribution in [-0.4, -0.2) is 16.7 Å². The second-order valence-electron chi connectivity index (χ2n) is 5.68. The molecule has 0 atom stereocenters. The summed E-state index contributed by atoms with van der Waals surface area (Å²) in [4.78, 5) is 11.8. The van der Waals surface area contributed by atoms with Crippen LogP contribution in [0.3, 0.4) is 0 Å². The Kier molecular flexibility index (Phi) is 4.63. The molecule has 22 heavy (non-hydrogen) atoms. The average Bonchev–Trinajstić information content (AvgIpc) is 2.55. The molecule has 2 aromatic rings. The van der Waals surface area contributed by atoms with E-state index in [0.29, 0.717) is 18.7 Å². The Morgan fingerprint density at radius 3 is 2.77 bits per heavy atom. The summed E-state index contributed by atoms with van der Waals surface area (Å²) in [5.74, 6) is -0.186. The van der Waals surface area contributed by atoms with E-state index >= 15 is 0 Å². The van der Waals surface area contributed by atoms with Crippen molar-refractivity contribution < 1.29 is 4.39 Å². The van der Waals surface area contributed by atoms with Gasteiger partial charge in [-0.1, -0.05) is 18.2 Å². The first kappa shape index (κ1) is 14.9. The molecule has 0 aliphatic heterocycles. The Morgan fingerprint density at radius 1 is 1.18 bits per heavy atom. The molecule has 0 unspecified atom stereocenters. The quantitative estimate of drug-likeness (QED) is 0.832. The fourth-order valence-electron chi connectivity index (χ4n) is 3.01. The Labute approximate surface area is 128 Å². The highest BCUT2D eigenvalue weighted by Gasteiger charge is 2.17. The zero-order valence-corrected chi connectivity index (χ0v) is 12.5. The summed E-state index contributed by atoms with van der Waals surface area (Å²) in [6.45, 7) is 1.21. The summed E-state index contributed by atoms with van der Waals surface area (Å²) in [5.41, 5.74) is 3.63. The zero-order valence-electron chi connectivity index (χ0n) is 12.5. The largest absolute Gasteiger partial charge is 0.312 e. The van der Waals surface area contributed by atoms with E-state index < -0.39 is 0 Å². The van der Waals surface area contributed by atoms with Crippen molar-refractivity contribution in [2.75, 3.05) is 6.54 Å². The topological polar surface area (TPSA) is 57.8 Å². The van der Waals surface area contributed by atoms with Crippen molar-refractivity contribution >= 4 is 0 Å². The SMILES string of the molecule is O=c1[nH]nc(CCNCc2ccccc2F)c2c1CCCC2. The van der Waals surface area contributed by atoms with Gasteiger partial charge < -0.3 is 5.32 Å². The summed E-state index contributed by atoms with van der Waals surface area (Å²) in [5, 5.41) is 10.0. The van der Waals surface area contributed by atoms with Gasteiger partial charge in [0.2, 0.25) is 0 Å². The fourth-order valence-corrected chi connectivity index (χ4v) is 3.01. The summed E-state index contributed by atoms with van der Waals surface area (Å²) in [6, 6.07) is 6.77. The number of aromatic amines is 1. The third-order valence-corrected chi connectivity index (χ3v) is 4.19. The van der Waals surface area contributed by atoms with Crippen molar-refractivity contribution in [1.82, 2.24) is 15.5 Å². The lowest BCUT2D eigenvalue weighted by Gasteiger charge is -2.17. The molecule has 0 spiro atoms. The van der Waals surface area contributed by atoms with Crippen LogP contribution in [0.5, 0.6) is 0 Å². The van der Waals surface area contributed by atoms with E-state index in [1.165, 1.54) is 6.07 Å². The van der Waals surface area contributed by atoms with Crippen LogP contribution >= 0.6 is 0 Å². The second kappa shape index (κ2) is 6.83. The Morgan fingerprint density at radius 2 is 1.95 bits per heavy atom. The van der Waals surface area contributed by atoms with Crippen LogP contribution in [0.15, 0.2) is 29.1 Å². The maximum atomic E-state index is 13.5. The molecule has 2 N–H and O–H groups in total. The minimum absolute atomic E-state index is 0.0437. The van der Waals surface area contributed by atoms with Gasteiger partial charge in [0.05, 0.1) is 5.69 Å². The van der Waals surface area contributed by atoms with Crippen LogP contribution in [-0.2, 0) is 25.8 Å². The normalized spacial score (nSPS) is 13.9. The van der Waals surface area contributed by atoms with Gasteiger partial charge in [-0.3, -0.25) is 4.79 Å². The molecule has 0 radical (unpaired) electrons. The van der Waals surface area contributed by atoms with E-state index in [1.807, 2.05) is 6.07 Å². The van der Waals surface area contributed by atoms with Gasteiger partial charge in [-0.2, -0.15) is 5.10 Å². The third kappa shape index (κ3) is 3.25. The molecule has 0 amide bonds. The molecule has 4 nitrogen and oxygen atoms in total.